The molecule has 0 radical (unpaired) electrons. The van der Waals surface area contributed by atoms with E-state index in [-0.39, 0.29) is 22.2 Å². The summed E-state index contributed by atoms with van der Waals surface area (Å²) in [7, 11) is -3.73. The van der Waals surface area contributed by atoms with Gasteiger partial charge in [0.15, 0.2) is 10.7 Å². The maximum absolute atomic E-state index is 12.2. The summed E-state index contributed by atoms with van der Waals surface area (Å²) in [5, 5.41) is 13.6. The monoisotopic (exact) mass is 378 g/mol. The predicted octanol–water partition coefficient (Wildman–Crippen LogP) is 2.33. The smallest absolute Gasteiger partial charge is 0.350 e. The molecule has 10 heteroatoms. The number of anilines is 2. The fraction of sp³-hybridized carbons (Fsp3) is 0.133. The van der Waals surface area contributed by atoms with Crippen LogP contribution in [0.3, 0.4) is 0 Å². The molecule has 0 unspecified atom stereocenters. The lowest BCUT2D eigenvalue weighted by Crippen LogP contribution is -2.12. The normalized spacial score (nSPS) is 11.4. The van der Waals surface area contributed by atoms with Gasteiger partial charge in [0, 0.05) is 23.5 Å². The predicted molar refractivity (Wildman–Crippen MR) is 93.3 cm³/mol. The molecule has 0 aliphatic rings. The first-order valence-electron chi connectivity index (χ1n) is 7.02. The van der Waals surface area contributed by atoms with Gasteiger partial charge in [-0.25, -0.2) is 18.2 Å². The number of nitrogens with one attached hydrogen (secondary N) is 2. The minimum Gasteiger partial charge on any atom is -0.462 e. The molecule has 2 aromatic rings. The number of hydrogen-bond donors (Lipinski definition) is 2. The largest absolute Gasteiger partial charge is 0.462 e. The maximum atomic E-state index is 12.2. The molecule has 1 heterocycles. The number of nitriles is 1. The minimum absolute atomic E-state index is 0.0585. The number of aromatic nitrogens is 1. The third-order valence-electron chi connectivity index (χ3n) is 2.82. The number of nitrogens with zero attached hydrogens (tertiary/aromatic N) is 2. The maximum Gasteiger partial charge on any atom is 0.350 e. The van der Waals surface area contributed by atoms with Crippen LogP contribution >= 0.6 is 11.3 Å². The summed E-state index contributed by atoms with van der Waals surface area (Å²) in [4.78, 5) is 15.4. The van der Waals surface area contributed by atoms with Crippen LogP contribution in [0.15, 0.2) is 52.5 Å². The first kappa shape index (κ1) is 18.4. The Labute approximate surface area is 148 Å². The number of ether oxygens (including phenoxy) is 1. The highest BCUT2D eigenvalue weighted by Gasteiger charge is 2.15. The molecule has 0 bridgehead atoms. The van der Waals surface area contributed by atoms with Crippen LogP contribution < -0.4 is 10.0 Å². The second kappa shape index (κ2) is 8.27. The molecule has 1 aromatic heterocycles. The van der Waals surface area contributed by atoms with Crippen molar-refractivity contribution in [1.82, 2.24) is 4.98 Å². The summed E-state index contributed by atoms with van der Waals surface area (Å²) in [6, 6.07) is 7.53. The number of hydrogen-bond acceptors (Lipinski definition) is 8. The summed E-state index contributed by atoms with van der Waals surface area (Å²) in [6.07, 6.45) is 2.70. The first-order chi connectivity index (χ1) is 12.0. The van der Waals surface area contributed by atoms with Crippen molar-refractivity contribution in [3.63, 3.8) is 0 Å². The average molecular weight is 378 g/mol. The summed E-state index contributed by atoms with van der Waals surface area (Å²) in [5.74, 6) is -0.732. The van der Waals surface area contributed by atoms with Crippen molar-refractivity contribution in [2.24, 2.45) is 0 Å². The molecule has 0 saturated heterocycles. The zero-order chi connectivity index (χ0) is 18.3. The highest BCUT2D eigenvalue weighted by Crippen LogP contribution is 2.19. The average Bonchev–Trinajstić information content (AvgIpc) is 3.08. The van der Waals surface area contributed by atoms with Crippen LogP contribution in [0.2, 0.25) is 0 Å². The van der Waals surface area contributed by atoms with E-state index < -0.39 is 16.0 Å². The lowest BCUT2D eigenvalue weighted by Gasteiger charge is -2.07. The zero-order valence-electron chi connectivity index (χ0n) is 13.1. The van der Waals surface area contributed by atoms with Crippen LogP contribution in [0.1, 0.15) is 6.92 Å². The lowest BCUT2D eigenvalue weighted by molar-refractivity contribution is -0.138. The van der Waals surface area contributed by atoms with Crippen molar-refractivity contribution in [1.29, 1.82) is 5.26 Å². The number of benzene rings is 1. The van der Waals surface area contributed by atoms with Crippen molar-refractivity contribution in [2.45, 2.75) is 11.8 Å². The molecule has 2 N–H and O–H groups in total. The van der Waals surface area contributed by atoms with Gasteiger partial charge in [0.1, 0.15) is 6.07 Å². The molecule has 130 valence electrons. The van der Waals surface area contributed by atoms with Gasteiger partial charge in [0.2, 0.25) is 0 Å². The van der Waals surface area contributed by atoms with Gasteiger partial charge < -0.3 is 10.1 Å². The number of sulfonamides is 1. The Balaban J connectivity index is 2.09. The van der Waals surface area contributed by atoms with E-state index in [0.717, 1.165) is 0 Å². The van der Waals surface area contributed by atoms with Gasteiger partial charge in [-0.1, -0.05) is 0 Å². The van der Waals surface area contributed by atoms with Gasteiger partial charge in [-0.15, -0.1) is 11.3 Å². The van der Waals surface area contributed by atoms with Gasteiger partial charge in [0.05, 0.1) is 11.5 Å². The molecule has 0 aliphatic heterocycles. The Morgan fingerprint density at radius 3 is 2.68 bits per heavy atom. The van der Waals surface area contributed by atoms with Gasteiger partial charge in [-0.05, 0) is 31.2 Å². The summed E-state index contributed by atoms with van der Waals surface area (Å²) in [6.45, 7) is 1.80. The van der Waals surface area contributed by atoms with Crippen LogP contribution in [-0.4, -0.2) is 26.0 Å². The Morgan fingerprint density at radius 2 is 2.12 bits per heavy atom. The number of esters is 1. The highest BCUT2D eigenvalue weighted by atomic mass is 32.2. The van der Waals surface area contributed by atoms with Gasteiger partial charge in [-0.3, -0.25) is 4.72 Å². The van der Waals surface area contributed by atoms with Crippen LogP contribution in [0, 0.1) is 11.3 Å². The summed E-state index contributed by atoms with van der Waals surface area (Å²) < 4.78 is 31.5. The van der Waals surface area contributed by atoms with Gasteiger partial charge in [0.25, 0.3) is 10.0 Å². The lowest BCUT2D eigenvalue weighted by atomic mass is 10.3. The molecular weight excluding hydrogens is 364 g/mol. The zero-order valence-corrected chi connectivity index (χ0v) is 14.7. The molecule has 0 fully saturated rings. The number of thiazole rings is 1. The standard InChI is InChI=1S/C15H14N4O4S2/c1-2-23-14(20)11(9-16)10-18-12-3-5-13(6-4-12)25(21,22)19-15-17-7-8-24-15/h3-8,10,18H,2H2,1H3,(H,17,19)/b11-10+. The quantitative estimate of drug-likeness (QED) is 0.431. The SMILES string of the molecule is CCOC(=O)/C(C#N)=C/Nc1ccc(S(=O)(=O)Nc2nccs2)cc1. The second-order valence-corrected chi connectivity index (χ2v) is 7.08. The van der Waals surface area contributed by atoms with Crippen molar-refractivity contribution >= 4 is 38.1 Å². The second-order valence-electron chi connectivity index (χ2n) is 4.50. The summed E-state index contributed by atoms with van der Waals surface area (Å²) in [5.41, 5.74) is 0.314. The van der Waals surface area contributed by atoms with Gasteiger partial charge >= 0.3 is 5.97 Å². The van der Waals surface area contributed by atoms with E-state index in [4.69, 9.17) is 10.00 Å². The van der Waals surface area contributed by atoms with Crippen LogP contribution in [-0.2, 0) is 19.6 Å². The first-order valence-corrected chi connectivity index (χ1v) is 9.39. The molecule has 8 nitrogen and oxygen atoms in total. The van der Waals surface area contributed by atoms with Crippen molar-refractivity contribution in [2.75, 3.05) is 16.6 Å². The van der Waals surface area contributed by atoms with Crippen molar-refractivity contribution in [3.8, 4) is 6.07 Å². The molecule has 0 aliphatic carbocycles. The third kappa shape index (κ3) is 5.03. The fourth-order valence-corrected chi connectivity index (χ4v) is 3.47. The van der Waals surface area contributed by atoms with Crippen LogP contribution in [0.4, 0.5) is 10.8 Å². The Kier molecular flexibility index (Phi) is 6.10. The van der Waals surface area contributed by atoms with E-state index in [2.05, 4.69) is 15.0 Å². The number of carbonyl (C=O) groups is 1. The Morgan fingerprint density at radius 1 is 1.40 bits per heavy atom. The van der Waals surface area contributed by atoms with E-state index in [0.29, 0.717) is 5.69 Å². The molecule has 0 amide bonds. The summed E-state index contributed by atoms with van der Waals surface area (Å²) >= 11 is 1.17. The van der Waals surface area contributed by atoms with E-state index in [1.165, 1.54) is 48.0 Å². The minimum atomic E-state index is -3.73. The van der Waals surface area contributed by atoms with E-state index in [1.54, 1.807) is 18.4 Å². The molecule has 0 saturated carbocycles. The molecule has 25 heavy (non-hydrogen) atoms. The van der Waals surface area contributed by atoms with Gasteiger partial charge in [-0.2, -0.15) is 5.26 Å². The molecule has 0 atom stereocenters. The van der Waals surface area contributed by atoms with Crippen LogP contribution in [0.25, 0.3) is 0 Å². The van der Waals surface area contributed by atoms with Crippen molar-refractivity contribution < 1.29 is 17.9 Å². The molecule has 0 spiro atoms. The van der Waals surface area contributed by atoms with Crippen LogP contribution in [0.5, 0.6) is 0 Å². The fourth-order valence-electron chi connectivity index (χ4n) is 1.68. The molecule has 2 rings (SSSR count). The number of carbonyl (C=O) groups excluding carboxylic acids is 1. The Hall–Kier alpha value is -2.90. The van der Waals surface area contributed by atoms with Crippen molar-refractivity contribution in [3.05, 3.63) is 47.6 Å². The number of rotatable bonds is 7. The topological polar surface area (TPSA) is 121 Å². The Bertz CT molecular complexity index is 898. The van der Waals surface area contributed by atoms with E-state index >= 15 is 0 Å². The van der Waals surface area contributed by atoms with E-state index in [9.17, 15) is 13.2 Å². The highest BCUT2D eigenvalue weighted by molar-refractivity contribution is 7.93. The van der Waals surface area contributed by atoms with E-state index in [1.807, 2.05) is 0 Å². The molecular formula is C15H14N4O4S2. The molecule has 1 aromatic carbocycles. The third-order valence-corrected chi connectivity index (χ3v) is 4.99.